The number of amides is 4. The van der Waals surface area contributed by atoms with Crippen molar-refractivity contribution in [2.45, 2.75) is 45.4 Å². The Labute approximate surface area is 169 Å². The van der Waals surface area contributed by atoms with Crippen molar-refractivity contribution in [3.05, 3.63) is 35.9 Å². The van der Waals surface area contributed by atoms with E-state index in [0.717, 1.165) is 5.56 Å². The summed E-state index contributed by atoms with van der Waals surface area (Å²) in [7, 11) is 0. The molecule has 1 rings (SSSR count). The minimum atomic E-state index is -1.22. The Morgan fingerprint density at radius 2 is 1.76 bits per heavy atom. The molecule has 1 aromatic carbocycles. The maximum absolute atomic E-state index is 12.5. The first kappa shape index (κ1) is 23.7. The van der Waals surface area contributed by atoms with Crippen LogP contribution in [0.2, 0.25) is 0 Å². The number of alkyl carbamates (subject to hydrolysis) is 1. The second-order valence-electron chi connectivity index (χ2n) is 6.76. The van der Waals surface area contributed by atoms with Crippen molar-refractivity contribution in [2.24, 2.45) is 11.7 Å². The lowest BCUT2D eigenvalue weighted by molar-refractivity contribution is -0.142. The molecule has 0 saturated heterocycles. The highest BCUT2D eigenvalue weighted by molar-refractivity contribution is 5.89. The highest BCUT2D eigenvalue weighted by Crippen LogP contribution is 2.06. The molecule has 10 nitrogen and oxygen atoms in total. The number of carbonyl (C=O) groups excluding carboxylic acids is 3. The van der Waals surface area contributed by atoms with Crippen molar-refractivity contribution in [3.63, 3.8) is 0 Å². The molecule has 0 aromatic heterocycles. The van der Waals surface area contributed by atoms with E-state index in [1.54, 1.807) is 26.0 Å². The van der Waals surface area contributed by atoms with Gasteiger partial charge in [-0.15, -0.1) is 0 Å². The zero-order valence-electron chi connectivity index (χ0n) is 16.5. The van der Waals surface area contributed by atoms with E-state index in [9.17, 15) is 24.3 Å². The van der Waals surface area contributed by atoms with Gasteiger partial charge in [-0.3, -0.25) is 4.79 Å². The van der Waals surface area contributed by atoms with Gasteiger partial charge in [0.1, 0.15) is 18.7 Å². The van der Waals surface area contributed by atoms with Crippen molar-refractivity contribution in [1.82, 2.24) is 16.0 Å². The summed E-state index contributed by atoms with van der Waals surface area (Å²) in [6, 6.07) is 6.21. The molecule has 1 unspecified atom stereocenters. The largest absolute Gasteiger partial charge is 0.480 e. The molecule has 0 heterocycles. The Morgan fingerprint density at radius 3 is 2.31 bits per heavy atom. The van der Waals surface area contributed by atoms with Crippen LogP contribution < -0.4 is 21.7 Å². The SMILES string of the molecule is CC(C)[C@@H](NC(=O)OCc1ccccc1)C(=O)NC(CCCNC(N)=O)C(=O)O. The van der Waals surface area contributed by atoms with Crippen LogP contribution in [0.25, 0.3) is 0 Å². The molecule has 29 heavy (non-hydrogen) atoms. The molecule has 0 aliphatic rings. The summed E-state index contributed by atoms with van der Waals surface area (Å²) in [5.74, 6) is -2.15. The van der Waals surface area contributed by atoms with E-state index in [1.165, 1.54) is 0 Å². The first-order valence-corrected chi connectivity index (χ1v) is 9.24. The van der Waals surface area contributed by atoms with Crippen LogP contribution >= 0.6 is 0 Å². The molecule has 10 heteroatoms. The molecule has 4 amide bonds. The molecule has 1 aromatic rings. The van der Waals surface area contributed by atoms with Crippen LogP contribution in [0, 0.1) is 5.92 Å². The van der Waals surface area contributed by atoms with Gasteiger partial charge in [0.05, 0.1) is 0 Å². The fourth-order valence-corrected chi connectivity index (χ4v) is 2.46. The molecular formula is C19H28N4O6. The third kappa shape index (κ3) is 9.45. The minimum Gasteiger partial charge on any atom is -0.480 e. The molecule has 0 spiro atoms. The zero-order chi connectivity index (χ0) is 21.8. The van der Waals surface area contributed by atoms with E-state index in [2.05, 4.69) is 16.0 Å². The first-order chi connectivity index (χ1) is 13.7. The highest BCUT2D eigenvalue weighted by atomic mass is 16.5. The number of nitrogens with one attached hydrogen (secondary N) is 3. The van der Waals surface area contributed by atoms with E-state index in [-0.39, 0.29) is 25.5 Å². The molecule has 0 saturated carbocycles. The standard InChI is InChI=1S/C19H28N4O6/c1-12(2)15(23-19(28)29-11-13-7-4-3-5-8-13)16(24)22-14(17(25)26)9-6-10-21-18(20)27/h3-5,7-8,12,14-15H,6,9-11H2,1-2H3,(H,22,24)(H,23,28)(H,25,26)(H3,20,21,27)/t14?,15-/m1/s1. The second kappa shape index (κ2) is 12.2. The number of ether oxygens (including phenoxy) is 1. The van der Waals surface area contributed by atoms with Crippen LogP contribution in [0.3, 0.4) is 0 Å². The van der Waals surface area contributed by atoms with Crippen LogP contribution in [0.5, 0.6) is 0 Å². The maximum Gasteiger partial charge on any atom is 0.408 e. The van der Waals surface area contributed by atoms with Crippen LogP contribution in [0.4, 0.5) is 9.59 Å². The number of urea groups is 1. The molecule has 160 valence electrons. The van der Waals surface area contributed by atoms with E-state index in [0.29, 0.717) is 6.42 Å². The van der Waals surface area contributed by atoms with Gasteiger partial charge in [-0.25, -0.2) is 14.4 Å². The molecule has 0 aliphatic heterocycles. The number of carboxylic acid groups (broad SMARTS) is 1. The third-order valence-corrected chi connectivity index (χ3v) is 4.02. The first-order valence-electron chi connectivity index (χ1n) is 9.24. The fraction of sp³-hybridized carbons (Fsp3) is 0.474. The number of carbonyl (C=O) groups is 4. The lowest BCUT2D eigenvalue weighted by Gasteiger charge is -2.23. The van der Waals surface area contributed by atoms with Gasteiger partial charge < -0.3 is 31.5 Å². The summed E-state index contributed by atoms with van der Waals surface area (Å²) in [5.41, 5.74) is 5.74. The number of aliphatic carboxylic acids is 1. The predicted octanol–water partition coefficient (Wildman–Crippen LogP) is 0.955. The quantitative estimate of drug-likeness (QED) is 0.343. The molecular weight excluding hydrogens is 380 g/mol. The Balaban J connectivity index is 2.58. The molecule has 0 fully saturated rings. The monoisotopic (exact) mass is 408 g/mol. The van der Waals surface area contributed by atoms with Gasteiger partial charge in [0.15, 0.2) is 0 Å². The summed E-state index contributed by atoms with van der Waals surface area (Å²) in [6.45, 7) is 3.67. The van der Waals surface area contributed by atoms with Gasteiger partial charge in [0, 0.05) is 6.54 Å². The third-order valence-electron chi connectivity index (χ3n) is 4.02. The lowest BCUT2D eigenvalue weighted by atomic mass is 10.0. The van der Waals surface area contributed by atoms with Gasteiger partial charge in [0.2, 0.25) is 5.91 Å². The van der Waals surface area contributed by atoms with Crippen molar-refractivity contribution in [1.29, 1.82) is 0 Å². The van der Waals surface area contributed by atoms with Crippen LogP contribution in [0.1, 0.15) is 32.3 Å². The van der Waals surface area contributed by atoms with Crippen molar-refractivity contribution >= 4 is 24.0 Å². The smallest absolute Gasteiger partial charge is 0.408 e. The Bertz CT molecular complexity index is 695. The summed E-state index contributed by atoms with van der Waals surface area (Å²) in [5, 5.41) is 16.5. The Kier molecular flexibility index (Phi) is 10.00. The molecule has 6 N–H and O–H groups in total. The summed E-state index contributed by atoms with van der Waals surface area (Å²) in [6.07, 6.45) is -0.385. The number of hydrogen-bond donors (Lipinski definition) is 5. The number of carboxylic acids is 1. The molecule has 2 atom stereocenters. The molecule has 0 bridgehead atoms. The average Bonchev–Trinajstić information content (AvgIpc) is 2.66. The normalized spacial score (nSPS) is 12.5. The topological polar surface area (TPSA) is 160 Å². The van der Waals surface area contributed by atoms with E-state index >= 15 is 0 Å². The highest BCUT2D eigenvalue weighted by Gasteiger charge is 2.28. The zero-order valence-corrected chi connectivity index (χ0v) is 16.5. The van der Waals surface area contributed by atoms with Gasteiger partial charge in [-0.2, -0.15) is 0 Å². The molecule has 0 aliphatic carbocycles. The average molecular weight is 408 g/mol. The maximum atomic E-state index is 12.5. The van der Waals surface area contributed by atoms with Crippen LogP contribution in [-0.2, 0) is 20.9 Å². The summed E-state index contributed by atoms with van der Waals surface area (Å²) >= 11 is 0. The Hall–Kier alpha value is -3.30. The van der Waals surface area contributed by atoms with E-state index < -0.39 is 36.1 Å². The number of hydrogen-bond acceptors (Lipinski definition) is 5. The van der Waals surface area contributed by atoms with E-state index in [1.807, 2.05) is 18.2 Å². The minimum absolute atomic E-state index is 0.0454. The van der Waals surface area contributed by atoms with Gasteiger partial charge >= 0.3 is 18.1 Å². The van der Waals surface area contributed by atoms with Crippen molar-refractivity contribution in [2.75, 3.05) is 6.54 Å². The fourth-order valence-electron chi connectivity index (χ4n) is 2.46. The van der Waals surface area contributed by atoms with Gasteiger partial charge in [-0.05, 0) is 24.3 Å². The predicted molar refractivity (Wildman–Crippen MR) is 105 cm³/mol. The number of benzene rings is 1. The summed E-state index contributed by atoms with van der Waals surface area (Å²) in [4.78, 5) is 46.6. The van der Waals surface area contributed by atoms with E-state index in [4.69, 9.17) is 10.5 Å². The Morgan fingerprint density at radius 1 is 1.10 bits per heavy atom. The molecule has 0 radical (unpaired) electrons. The lowest BCUT2D eigenvalue weighted by Crippen LogP contribution is -2.53. The number of primary amides is 1. The summed E-state index contributed by atoms with van der Waals surface area (Å²) < 4.78 is 5.11. The van der Waals surface area contributed by atoms with Crippen molar-refractivity contribution < 1.29 is 29.0 Å². The van der Waals surface area contributed by atoms with Crippen LogP contribution in [-0.4, -0.2) is 47.7 Å². The van der Waals surface area contributed by atoms with Gasteiger partial charge in [0.25, 0.3) is 0 Å². The van der Waals surface area contributed by atoms with Crippen LogP contribution in [0.15, 0.2) is 30.3 Å². The number of rotatable bonds is 11. The van der Waals surface area contributed by atoms with Crippen molar-refractivity contribution in [3.8, 4) is 0 Å². The van der Waals surface area contributed by atoms with Gasteiger partial charge in [-0.1, -0.05) is 44.2 Å². The second-order valence-corrected chi connectivity index (χ2v) is 6.76. The number of nitrogens with two attached hydrogens (primary N) is 1.